The molecule has 49 heavy (non-hydrogen) atoms. The largest absolute Gasteiger partial charge is 0.491 e. The summed E-state index contributed by atoms with van der Waals surface area (Å²) < 4.78 is 51.2. The van der Waals surface area contributed by atoms with Crippen LogP contribution >= 0.6 is 22.9 Å². The third-order valence-electron chi connectivity index (χ3n) is 8.62. The number of ether oxygens (including phenoxy) is 1. The predicted octanol–water partition coefficient (Wildman–Crippen LogP) is 6.62. The molecular formula is C34H30ClF3N6O4S. The second-order valence-electron chi connectivity index (χ2n) is 11.7. The van der Waals surface area contributed by atoms with Gasteiger partial charge in [0.05, 0.1) is 50.0 Å². The molecule has 1 aliphatic rings. The maximum atomic E-state index is 14.4. The van der Waals surface area contributed by atoms with Crippen LogP contribution in [0.15, 0.2) is 40.5 Å². The van der Waals surface area contributed by atoms with Crippen molar-refractivity contribution < 1.29 is 27.8 Å². The van der Waals surface area contributed by atoms with E-state index in [0.29, 0.717) is 57.3 Å². The molecule has 6 rings (SSSR count). The molecule has 0 unspecified atom stereocenters. The first-order valence-corrected chi connectivity index (χ1v) is 16.6. The number of likely N-dealkylation sites (N-methyl/N-ethyl adjacent to an activating group) is 1. The van der Waals surface area contributed by atoms with Crippen LogP contribution in [-0.4, -0.2) is 70.3 Å². The average molecular weight is 711 g/mol. The summed E-state index contributed by atoms with van der Waals surface area (Å²) in [6.07, 6.45) is -4.22. The van der Waals surface area contributed by atoms with Gasteiger partial charge in [0, 0.05) is 53.4 Å². The van der Waals surface area contributed by atoms with Crippen molar-refractivity contribution >= 4 is 55.7 Å². The number of aromatic carboxylic acids is 1. The number of alkyl halides is 3. The number of nitriles is 1. The van der Waals surface area contributed by atoms with E-state index in [1.807, 2.05) is 31.0 Å². The van der Waals surface area contributed by atoms with Crippen molar-refractivity contribution in [3.05, 3.63) is 79.3 Å². The predicted molar refractivity (Wildman–Crippen MR) is 182 cm³/mol. The summed E-state index contributed by atoms with van der Waals surface area (Å²) in [5.41, 5.74) is -0.0931. The molecule has 0 spiro atoms. The van der Waals surface area contributed by atoms with Gasteiger partial charge >= 0.3 is 12.1 Å². The van der Waals surface area contributed by atoms with E-state index in [0.717, 1.165) is 6.07 Å². The minimum absolute atomic E-state index is 0.0282. The van der Waals surface area contributed by atoms with Crippen molar-refractivity contribution in [3.63, 3.8) is 0 Å². The molecule has 1 fully saturated rings. The van der Waals surface area contributed by atoms with Crippen LogP contribution in [0.1, 0.15) is 39.9 Å². The number of thiophene rings is 1. The Hall–Kier alpha value is -4.71. The Kier molecular flexibility index (Phi) is 9.27. The molecule has 0 bridgehead atoms. The molecule has 1 aliphatic heterocycles. The van der Waals surface area contributed by atoms with E-state index < -0.39 is 23.3 Å². The zero-order chi connectivity index (χ0) is 35.2. The highest BCUT2D eigenvalue weighted by atomic mass is 35.5. The number of piperazine rings is 1. The van der Waals surface area contributed by atoms with Gasteiger partial charge in [-0.25, -0.2) is 9.78 Å². The number of anilines is 1. The quantitative estimate of drug-likeness (QED) is 0.189. The molecule has 2 aromatic carbocycles. The summed E-state index contributed by atoms with van der Waals surface area (Å²) in [6.45, 7) is 4.87. The molecular weight excluding hydrogens is 681 g/mol. The highest BCUT2D eigenvalue weighted by Gasteiger charge is 2.39. The number of carboxylic acid groups (broad SMARTS) is 1. The first kappa shape index (κ1) is 34.2. The van der Waals surface area contributed by atoms with Gasteiger partial charge in [-0.15, -0.1) is 11.3 Å². The second-order valence-corrected chi connectivity index (χ2v) is 13.0. The Morgan fingerprint density at radius 2 is 1.88 bits per heavy atom. The van der Waals surface area contributed by atoms with Crippen molar-refractivity contribution in [2.45, 2.75) is 33.0 Å². The maximum absolute atomic E-state index is 14.4. The number of carbonyl (C=O) groups is 1. The Morgan fingerprint density at radius 3 is 2.53 bits per heavy atom. The minimum atomic E-state index is -4.77. The molecule has 0 atom stereocenters. The fourth-order valence-corrected chi connectivity index (χ4v) is 7.29. The number of benzene rings is 2. The molecule has 10 nitrogen and oxygen atoms in total. The molecule has 0 aliphatic carbocycles. The van der Waals surface area contributed by atoms with E-state index in [-0.39, 0.29) is 59.8 Å². The summed E-state index contributed by atoms with van der Waals surface area (Å²) in [5, 5.41) is 21.7. The lowest BCUT2D eigenvalue weighted by atomic mass is 10.00. The Balaban J connectivity index is 1.39. The van der Waals surface area contributed by atoms with Crippen molar-refractivity contribution in [1.29, 1.82) is 5.26 Å². The summed E-state index contributed by atoms with van der Waals surface area (Å²) >= 11 is 7.64. The standard InChI is InChI=1S/C34H30ClF3N6O4S/c1-4-20-14-22(31-29(41-20)24(17-49-31)33(46)47)21-13-19(35)5-6-27(21)48-12-11-44-18(2)40-26-15-25(34(36,37)38)30(23(16-39)28(26)32(44)45)43-9-7-42(3)8-10-43/h5-6,13-15,17H,4,7-12H2,1-3H3,(H,46,47). The Labute approximate surface area is 287 Å². The van der Waals surface area contributed by atoms with E-state index in [1.54, 1.807) is 18.2 Å². The lowest BCUT2D eigenvalue weighted by Gasteiger charge is -2.36. The zero-order valence-corrected chi connectivity index (χ0v) is 28.3. The van der Waals surface area contributed by atoms with E-state index in [1.165, 1.54) is 33.1 Å². The third kappa shape index (κ3) is 6.41. The lowest BCUT2D eigenvalue weighted by Crippen LogP contribution is -2.45. The topological polar surface area (TPSA) is 125 Å². The van der Waals surface area contributed by atoms with Gasteiger partial charge in [0.25, 0.3) is 5.56 Å². The molecule has 0 saturated carbocycles. The molecule has 0 amide bonds. The normalized spacial score (nSPS) is 14.0. The number of aromatic nitrogens is 3. The van der Waals surface area contributed by atoms with Gasteiger partial charge in [0.2, 0.25) is 0 Å². The highest BCUT2D eigenvalue weighted by molar-refractivity contribution is 7.18. The molecule has 254 valence electrons. The Bertz CT molecular complexity index is 2220. The fraction of sp³-hybridized carbons (Fsp3) is 0.324. The Morgan fingerprint density at radius 1 is 1.14 bits per heavy atom. The van der Waals surface area contributed by atoms with Gasteiger partial charge in [-0.2, -0.15) is 18.4 Å². The van der Waals surface area contributed by atoms with Crippen molar-refractivity contribution in [2.75, 3.05) is 44.7 Å². The van der Waals surface area contributed by atoms with Gasteiger partial charge in [-0.05, 0) is 50.7 Å². The number of hydrogen-bond donors (Lipinski definition) is 1. The van der Waals surface area contributed by atoms with E-state index in [4.69, 9.17) is 16.3 Å². The van der Waals surface area contributed by atoms with Gasteiger partial charge in [0.15, 0.2) is 0 Å². The number of nitrogens with zero attached hydrogens (tertiary/aromatic N) is 6. The monoisotopic (exact) mass is 710 g/mol. The van der Waals surface area contributed by atoms with Crippen molar-refractivity contribution in [1.82, 2.24) is 19.4 Å². The summed E-state index contributed by atoms with van der Waals surface area (Å²) in [6, 6.07) is 9.64. The molecule has 5 aromatic rings. The molecule has 15 heteroatoms. The lowest BCUT2D eigenvalue weighted by molar-refractivity contribution is -0.137. The van der Waals surface area contributed by atoms with Crippen LogP contribution in [0.3, 0.4) is 0 Å². The van der Waals surface area contributed by atoms with Crippen LogP contribution in [-0.2, 0) is 19.1 Å². The van der Waals surface area contributed by atoms with Gasteiger partial charge in [-0.3, -0.25) is 14.3 Å². The molecule has 3 aromatic heterocycles. The third-order valence-corrected chi connectivity index (χ3v) is 9.86. The summed E-state index contributed by atoms with van der Waals surface area (Å²) in [4.78, 5) is 38.2. The van der Waals surface area contributed by atoms with Gasteiger partial charge in [0.1, 0.15) is 24.3 Å². The number of aryl methyl sites for hydroxylation is 2. The summed E-state index contributed by atoms with van der Waals surface area (Å²) in [5.74, 6) is -0.520. The van der Waals surface area contributed by atoms with E-state index in [9.17, 15) is 33.1 Å². The SMILES string of the molecule is CCc1cc(-c2cc(Cl)ccc2OCCn2c(C)nc3cc(C(F)(F)F)c(N4CCN(C)CC4)c(C#N)c3c2=O)c2scc(C(=O)O)c2n1. The maximum Gasteiger partial charge on any atom is 0.418 e. The van der Waals surface area contributed by atoms with Crippen molar-refractivity contribution in [3.8, 4) is 22.9 Å². The van der Waals surface area contributed by atoms with Crippen LogP contribution < -0.4 is 15.2 Å². The zero-order valence-electron chi connectivity index (χ0n) is 26.7. The number of fused-ring (bicyclic) bond motifs is 2. The van der Waals surface area contributed by atoms with Crippen LogP contribution in [0.4, 0.5) is 18.9 Å². The van der Waals surface area contributed by atoms with Crippen LogP contribution in [0.25, 0.3) is 32.2 Å². The number of carboxylic acids is 1. The van der Waals surface area contributed by atoms with E-state index >= 15 is 0 Å². The average Bonchev–Trinajstić information content (AvgIpc) is 3.50. The first-order chi connectivity index (χ1) is 23.3. The van der Waals surface area contributed by atoms with Crippen LogP contribution in [0.5, 0.6) is 5.75 Å². The van der Waals surface area contributed by atoms with Crippen LogP contribution in [0.2, 0.25) is 5.02 Å². The van der Waals surface area contributed by atoms with Gasteiger partial charge in [-0.1, -0.05) is 18.5 Å². The molecule has 1 N–H and O–H groups in total. The minimum Gasteiger partial charge on any atom is -0.491 e. The number of hydrogen-bond acceptors (Lipinski definition) is 9. The van der Waals surface area contributed by atoms with E-state index in [2.05, 4.69) is 9.97 Å². The molecule has 1 saturated heterocycles. The molecule has 0 radical (unpaired) electrons. The van der Waals surface area contributed by atoms with Gasteiger partial charge < -0.3 is 19.6 Å². The molecule has 4 heterocycles. The van der Waals surface area contributed by atoms with Crippen molar-refractivity contribution in [2.24, 2.45) is 0 Å². The van der Waals surface area contributed by atoms with Crippen LogP contribution in [0, 0.1) is 18.3 Å². The number of halogens is 4. The highest BCUT2D eigenvalue weighted by Crippen LogP contribution is 2.42. The fourth-order valence-electron chi connectivity index (χ4n) is 6.11. The number of pyridine rings is 1. The number of rotatable bonds is 8. The second kappa shape index (κ2) is 13.3. The summed E-state index contributed by atoms with van der Waals surface area (Å²) in [7, 11) is 1.87. The smallest absolute Gasteiger partial charge is 0.418 e. The first-order valence-electron chi connectivity index (χ1n) is 15.4.